The van der Waals surface area contributed by atoms with E-state index in [1.54, 1.807) is 0 Å². The molecular weight excluding hydrogens is 1180 g/mol. The molecule has 5 saturated heterocycles. The summed E-state index contributed by atoms with van der Waals surface area (Å²) >= 11 is 0. The van der Waals surface area contributed by atoms with Gasteiger partial charge in [0.1, 0.15) is 35.1 Å². The molecule has 94 heavy (non-hydrogen) atoms. The maximum absolute atomic E-state index is 18.3. The summed E-state index contributed by atoms with van der Waals surface area (Å²) in [6.45, 7) is 6.25. The van der Waals surface area contributed by atoms with Crippen molar-refractivity contribution in [3.63, 3.8) is 0 Å². The van der Waals surface area contributed by atoms with E-state index in [0.717, 1.165) is 82.1 Å². The molecule has 8 saturated carbocycles. The predicted molar refractivity (Wildman–Crippen MR) is 343 cm³/mol. The van der Waals surface area contributed by atoms with Gasteiger partial charge in [0.05, 0.1) is 48.5 Å². The molecule has 7 aliphatic heterocycles. The summed E-state index contributed by atoms with van der Waals surface area (Å²) in [5, 5.41) is 42.5. The van der Waals surface area contributed by atoms with Crippen molar-refractivity contribution in [2.45, 2.75) is 183 Å². The Morgan fingerprint density at radius 3 is 2.69 bits per heavy atom. The van der Waals surface area contributed by atoms with E-state index in [9.17, 15) is 10.2 Å². The number of fused-ring (bicyclic) bond motifs is 8. The summed E-state index contributed by atoms with van der Waals surface area (Å²) in [6.07, 6.45) is 35.4. The minimum atomic E-state index is -1.61. The lowest BCUT2D eigenvalue weighted by Crippen LogP contribution is -2.85. The van der Waals surface area contributed by atoms with Gasteiger partial charge in [0.15, 0.2) is 17.5 Å². The summed E-state index contributed by atoms with van der Waals surface area (Å²) in [5.74, 6) is 7.20. The number of nitrogens with one attached hydrogen (secondary N) is 1. The molecule has 1 aromatic carbocycles. The quantitative estimate of drug-likeness (QED) is 0.0891. The van der Waals surface area contributed by atoms with E-state index in [1.165, 1.54) is 30.4 Å². The lowest BCUT2D eigenvalue weighted by Gasteiger charge is -2.75. The van der Waals surface area contributed by atoms with Crippen LogP contribution in [-0.4, -0.2) is 106 Å². The van der Waals surface area contributed by atoms with Gasteiger partial charge in [0, 0.05) is 52.7 Å². The molecule has 2 aromatic rings. The van der Waals surface area contributed by atoms with Crippen molar-refractivity contribution < 1.29 is 53.1 Å². The standard InChI is InChI=1S/C81H92N2O11/c1-43-56-11-6-10-47(56)21-25-73(43)23-7-24-76-63(73)33-55-32-54-29-46-20-26-77-71(89)91-41-75(80(55,77)94-76)66-52(37-74(54,77)35-46)36-72(2)79-53(18-15-51-40-90-62(64(51)79)34-58(61(85)39-84)49-16-19-57-50(31-49)22-27-83-42-82-38-60(57)83)17-14-48-13-12-45(28-44-8-4-3-5-9-44)30-59(48)78(66,68(87)65(86)67(75)76)81(72)69(92-81)70(88)93-79/h3-5,7-9,20-23,25-27,33,40,43,45-50,52-54,56-61,63,66-69,82,84-85,87H,6,10-13,15-16,18-19,24,28-32,34-39,41-42H2,1-2H3. The fourth-order valence-corrected chi connectivity index (χ4v) is 31.0. The molecule has 492 valence electrons. The number of aryl methyl sites for hydroxylation is 1. The zero-order valence-corrected chi connectivity index (χ0v) is 54.6. The number of ketones is 1. The van der Waals surface area contributed by atoms with E-state index in [4.69, 9.17) is 23.4 Å². The number of nitrogens with zero attached hydrogens (tertiary/aromatic N) is 1. The third-order valence-corrected chi connectivity index (χ3v) is 33.5. The highest BCUT2D eigenvalue weighted by Crippen LogP contribution is 2.94. The zero-order chi connectivity index (χ0) is 62.8. The van der Waals surface area contributed by atoms with Crippen LogP contribution in [0.25, 0.3) is 0 Å². The second-order valence-electron chi connectivity index (χ2n) is 35.6. The highest BCUT2D eigenvalue weighted by Gasteiger charge is 3.02. The van der Waals surface area contributed by atoms with E-state index < -0.39 is 109 Å². The first-order valence-electron chi connectivity index (χ1n) is 37.5. The number of hydrogen-bond donors (Lipinski definition) is 4. The Hall–Kier alpha value is -5.07. The number of Topliss-reactive ketones (excluding diaryl/α,β-unsaturated/α-hetero) is 1. The number of cyclic esters (lactones) is 1. The Morgan fingerprint density at radius 2 is 1.81 bits per heavy atom. The number of benzene rings is 1. The minimum absolute atomic E-state index is 0.0125. The molecule has 1 aromatic heterocycles. The van der Waals surface area contributed by atoms with Gasteiger partial charge < -0.3 is 43.6 Å². The third kappa shape index (κ3) is 5.90. The van der Waals surface area contributed by atoms with Crippen molar-refractivity contribution in [2.24, 2.45) is 133 Å². The number of allylic oxidation sites excluding steroid dienone is 5. The van der Waals surface area contributed by atoms with E-state index in [0.29, 0.717) is 80.4 Å². The lowest BCUT2D eigenvalue weighted by molar-refractivity contribution is -0.324. The fourth-order valence-electron chi connectivity index (χ4n) is 31.0. The van der Waals surface area contributed by atoms with E-state index in [2.05, 4.69) is 121 Å². The molecule has 13 aliphatic carbocycles. The van der Waals surface area contributed by atoms with Gasteiger partial charge in [0.2, 0.25) is 0 Å². The second-order valence-corrected chi connectivity index (χ2v) is 35.6. The van der Waals surface area contributed by atoms with Gasteiger partial charge in [-0.05, 0) is 214 Å². The topological polar surface area (TPSA) is 181 Å². The number of ether oxygens (including phenoxy) is 4. The zero-order valence-electron chi connectivity index (χ0n) is 54.6. The molecule has 31 unspecified atom stereocenters. The largest absolute Gasteiger partial charge is 0.469 e. The number of furan rings is 1. The van der Waals surface area contributed by atoms with Crippen molar-refractivity contribution in [3.8, 4) is 11.8 Å². The Kier molecular flexibility index (Phi) is 11.0. The van der Waals surface area contributed by atoms with Crippen molar-refractivity contribution in [2.75, 3.05) is 26.4 Å². The van der Waals surface area contributed by atoms with Gasteiger partial charge in [-0.2, -0.15) is 0 Å². The van der Waals surface area contributed by atoms with Crippen LogP contribution < -0.4 is 5.32 Å². The van der Waals surface area contributed by atoms with Crippen LogP contribution in [0.4, 0.5) is 0 Å². The molecule has 0 amide bonds. The second kappa shape index (κ2) is 18.2. The highest BCUT2D eigenvalue weighted by molar-refractivity contribution is 5.96. The van der Waals surface area contributed by atoms with Crippen molar-refractivity contribution >= 4 is 17.7 Å². The molecule has 13 nitrogen and oxygen atoms in total. The lowest BCUT2D eigenvalue weighted by atomic mass is 9.27. The monoisotopic (exact) mass is 1270 g/mol. The number of hydrogen-bond acceptors (Lipinski definition) is 13. The van der Waals surface area contributed by atoms with E-state index >= 15 is 19.5 Å². The fraction of sp³-hybridized carbons (Fsp3) is 0.691. The highest BCUT2D eigenvalue weighted by atomic mass is 16.7. The van der Waals surface area contributed by atoms with Crippen LogP contribution in [-0.2, 0) is 58.2 Å². The molecular formula is C81H92N2O11. The maximum Gasteiger partial charge on any atom is 0.339 e. The van der Waals surface area contributed by atoms with E-state index in [-0.39, 0.29) is 71.6 Å². The summed E-state index contributed by atoms with van der Waals surface area (Å²) in [5.41, 5.74) is -7.34. The molecule has 0 radical (unpaired) electrons. The molecule has 13 fully saturated rings. The van der Waals surface area contributed by atoms with Crippen LogP contribution in [0.1, 0.15) is 139 Å². The average Bonchev–Trinajstić information content (AvgIpc) is 1.40. The summed E-state index contributed by atoms with van der Waals surface area (Å²) in [7, 11) is 0. The summed E-state index contributed by atoms with van der Waals surface area (Å²) in [6, 6.07) is 11.2. The Labute approximate surface area is 551 Å². The van der Waals surface area contributed by atoms with Crippen LogP contribution in [0, 0.1) is 145 Å². The first-order chi connectivity index (χ1) is 45.6. The van der Waals surface area contributed by atoms with Gasteiger partial charge in [-0.25, -0.2) is 4.79 Å². The minimum Gasteiger partial charge on any atom is -0.469 e. The van der Waals surface area contributed by atoms with Gasteiger partial charge in [0.25, 0.3) is 0 Å². The van der Waals surface area contributed by atoms with Gasteiger partial charge in [-0.15, -0.1) is 0 Å². The van der Waals surface area contributed by atoms with Gasteiger partial charge >= 0.3 is 11.9 Å². The van der Waals surface area contributed by atoms with Crippen molar-refractivity contribution in [1.29, 1.82) is 0 Å². The van der Waals surface area contributed by atoms with Crippen LogP contribution in [0.15, 0.2) is 101 Å². The normalized spacial score (nSPS) is 55.2. The first-order valence-corrected chi connectivity index (χ1v) is 37.5. The first kappa shape index (κ1) is 56.9. The molecule has 22 rings (SSSR count). The molecule has 4 N–H and O–H groups in total. The number of carbonyl (C=O) groups excluding carboxylic acids is 3. The number of carbonyl (C=O) groups is 3. The SMILES string of the molecule is CC1C2CCCC2C=CC12C=CCC13OC45C(=CC21)CC1CC2C=CC46C(=O)OCC54C3C(=O)C(O)C35C7CC(Cc8ccccc8)CCC7C#CC7CCc8coc(CC(C(O)CO)C9CCC%10C(C=CN%11CNCC%10%11)C9)c8C78OC(=O)C7OC73C8(C)CC(CC16C2)C45. The Morgan fingerprint density at radius 1 is 0.915 bits per heavy atom. The number of aliphatic hydroxyl groups is 3. The van der Waals surface area contributed by atoms with Crippen LogP contribution in [0.5, 0.6) is 0 Å². The van der Waals surface area contributed by atoms with Gasteiger partial charge in [-0.3, -0.25) is 14.9 Å². The summed E-state index contributed by atoms with van der Waals surface area (Å²) in [4.78, 5) is 54.0. The average molecular weight is 1270 g/mol. The molecule has 20 aliphatic rings. The molecule has 9 spiro atoms. The Bertz CT molecular complexity index is 3950. The maximum atomic E-state index is 18.3. The van der Waals surface area contributed by atoms with Crippen molar-refractivity contribution in [1.82, 2.24) is 10.2 Å². The predicted octanol–water partition coefficient (Wildman–Crippen LogP) is 10.1. The molecule has 31 atom stereocenters. The number of aliphatic hydroxyl groups excluding tert-OH is 3. The smallest absolute Gasteiger partial charge is 0.339 e. The van der Waals surface area contributed by atoms with Gasteiger partial charge in [-0.1, -0.05) is 111 Å². The van der Waals surface area contributed by atoms with Crippen molar-refractivity contribution in [3.05, 3.63) is 119 Å². The third-order valence-electron chi connectivity index (χ3n) is 33.5. The van der Waals surface area contributed by atoms with Crippen LogP contribution >= 0.6 is 0 Å². The van der Waals surface area contributed by atoms with Crippen LogP contribution in [0.2, 0.25) is 0 Å². The number of rotatable bonds is 7. The molecule has 13 heteroatoms. The van der Waals surface area contributed by atoms with Crippen LogP contribution in [0.3, 0.4) is 0 Å². The number of esters is 2. The van der Waals surface area contributed by atoms with E-state index in [1.807, 2.05) is 6.26 Å². The molecule has 10 bridgehead atoms. The molecule has 8 heterocycles. The number of epoxide rings is 1. The summed E-state index contributed by atoms with van der Waals surface area (Å²) < 4.78 is 39.0. The Balaban J connectivity index is 0.793.